The molecule has 0 radical (unpaired) electrons. The van der Waals surface area contributed by atoms with E-state index in [0.29, 0.717) is 24.3 Å². The van der Waals surface area contributed by atoms with Gasteiger partial charge in [-0.05, 0) is 29.8 Å². The zero-order valence-corrected chi connectivity index (χ0v) is 18.0. The summed E-state index contributed by atoms with van der Waals surface area (Å²) in [6, 6.07) is 12.5. The first-order valence-corrected chi connectivity index (χ1v) is 10.1. The van der Waals surface area contributed by atoms with E-state index in [4.69, 9.17) is 0 Å². The van der Waals surface area contributed by atoms with Crippen LogP contribution in [0.25, 0.3) is 0 Å². The van der Waals surface area contributed by atoms with Gasteiger partial charge in [0.05, 0.1) is 11.3 Å². The molecular weight excluding hydrogens is 398 g/mol. The Labute approximate surface area is 181 Å². The minimum Gasteiger partial charge on any atom is -0.368 e. The number of carbonyl (C=O) groups excluding carboxylic acids is 2. The van der Waals surface area contributed by atoms with Gasteiger partial charge in [0.1, 0.15) is 5.69 Å². The minimum absolute atomic E-state index is 0.0791. The van der Waals surface area contributed by atoms with Crippen LogP contribution in [0.15, 0.2) is 42.5 Å². The zero-order valence-electron chi connectivity index (χ0n) is 18.0. The van der Waals surface area contributed by atoms with Crippen molar-refractivity contribution in [2.45, 2.75) is 13.3 Å². The number of piperazine rings is 1. The molecule has 2 amide bonds. The van der Waals surface area contributed by atoms with Crippen molar-refractivity contribution in [3.8, 4) is 0 Å². The van der Waals surface area contributed by atoms with Gasteiger partial charge in [-0.25, -0.2) is 0 Å². The highest BCUT2D eigenvalue weighted by Gasteiger charge is 2.20. The Kier molecular flexibility index (Phi) is 6.74. The number of carbonyl (C=O) groups is 2. The molecular formula is C22H27N5O4. The zero-order chi connectivity index (χ0) is 22.5. The standard InChI is InChI=1S/C22H27N5O4/c1-16(28)25-9-11-26(12-10-25)19-6-4-5-18(15-19)23-20-8-7-17(13-21(20)27(30)31)14-22(29)24(2)3/h4-8,13,15,23H,9-12,14H2,1-3H3. The van der Waals surface area contributed by atoms with Gasteiger partial charge in [0.2, 0.25) is 11.8 Å². The van der Waals surface area contributed by atoms with E-state index < -0.39 is 4.92 Å². The van der Waals surface area contributed by atoms with Crippen LogP contribution < -0.4 is 10.2 Å². The average molecular weight is 425 g/mol. The van der Waals surface area contributed by atoms with E-state index in [0.717, 1.165) is 24.5 Å². The maximum absolute atomic E-state index is 11.9. The van der Waals surface area contributed by atoms with Gasteiger partial charge in [0, 0.05) is 64.6 Å². The van der Waals surface area contributed by atoms with Gasteiger partial charge in [0.15, 0.2) is 0 Å². The number of hydrogen-bond donors (Lipinski definition) is 1. The predicted molar refractivity (Wildman–Crippen MR) is 120 cm³/mol. The van der Waals surface area contributed by atoms with Crippen LogP contribution in [0.1, 0.15) is 12.5 Å². The lowest BCUT2D eigenvalue weighted by Gasteiger charge is -2.35. The van der Waals surface area contributed by atoms with E-state index in [1.165, 1.54) is 11.0 Å². The van der Waals surface area contributed by atoms with E-state index >= 15 is 0 Å². The van der Waals surface area contributed by atoms with E-state index in [1.807, 2.05) is 29.2 Å². The fraction of sp³-hybridized carbons (Fsp3) is 0.364. The van der Waals surface area contributed by atoms with Gasteiger partial charge in [-0.2, -0.15) is 0 Å². The topological polar surface area (TPSA) is 99.0 Å². The molecule has 31 heavy (non-hydrogen) atoms. The van der Waals surface area contributed by atoms with Crippen molar-refractivity contribution in [3.05, 3.63) is 58.1 Å². The molecule has 1 fully saturated rings. The first-order valence-electron chi connectivity index (χ1n) is 10.1. The summed E-state index contributed by atoms with van der Waals surface area (Å²) in [6.07, 6.45) is 0.107. The third kappa shape index (κ3) is 5.50. The van der Waals surface area contributed by atoms with Crippen LogP contribution in [-0.4, -0.2) is 66.8 Å². The molecule has 164 valence electrons. The molecule has 2 aromatic rings. The first-order chi connectivity index (χ1) is 14.7. The van der Waals surface area contributed by atoms with E-state index in [2.05, 4.69) is 10.2 Å². The van der Waals surface area contributed by atoms with Crippen molar-refractivity contribution < 1.29 is 14.5 Å². The molecule has 0 spiro atoms. The number of nitrogens with one attached hydrogen (secondary N) is 1. The normalized spacial score (nSPS) is 13.6. The van der Waals surface area contributed by atoms with Gasteiger partial charge in [-0.3, -0.25) is 19.7 Å². The van der Waals surface area contributed by atoms with Crippen molar-refractivity contribution >= 4 is 34.6 Å². The lowest BCUT2D eigenvalue weighted by molar-refractivity contribution is -0.384. The summed E-state index contributed by atoms with van der Waals surface area (Å²) in [5.74, 6) is -0.0364. The van der Waals surface area contributed by atoms with Crippen LogP contribution in [0.2, 0.25) is 0 Å². The molecule has 0 unspecified atom stereocenters. The van der Waals surface area contributed by atoms with Crippen molar-refractivity contribution in [2.24, 2.45) is 0 Å². The summed E-state index contributed by atoms with van der Waals surface area (Å²) in [6.45, 7) is 4.39. The minimum atomic E-state index is -0.448. The third-order valence-electron chi connectivity index (χ3n) is 5.33. The maximum atomic E-state index is 11.9. The van der Waals surface area contributed by atoms with Gasteiger partial charge >= 0.3 is 0 Å². The molecule has 0 aliphatic carbocycles. The number of benzene rings is 2. The average Bonchev–Trinajstić information content (AvgIpc) is 2.74. The van der Waals surface area contributed by atoms with Gasteiger partial charge in [-0.15, -0.1) is 0 Å². The Morgan fingerprint density at radius 2 is 1.81 bits per heavy atom. The van der Waals surface area contributed by atoms with Crippen LogP contribution in [0, 0.1) is 10.1 Å². The summed E-state index contributed by atoms with van der Waals surface area (Å²) < 4.78 is 0. The molecule has 3 rings (SSSR count). The van der Waals surface area contributed by atoms with E-state index in [1.54, 1.807) is 33.2 Å². The molecule has 1 N–H and O–H groups in total. The van der Waals surface area contributed by atoms with Gasteiger partial charge in [0.25, 0.3) is 5.69 Å². The van der Waals surface area contributed by atoms with E-state index in [9.17, 15) is 19.7 Å². The highest BCUT2D eigenvalue weighted by molar-refractivity contribution is 5.80. The summed E-state index contributed by atoms with van der Waals surface area (Å²) in [5, 5.41) is 14.7. The van der Waals surface area contributed by atoms with Gasteiger partial charge < -0.3 is 20.0 Å². The molecule has 0 aromatic heterocycles. The SMILES string of the molecule is CC(=O)N1CCN(c2cccc(Nc3ccc(CC(=O)N(C)C)cc3[N+](=O)[O-])c2)CC1. The Bertz CT molecular complexity index is 984. The largest absolute Gasteiger partial charge is 0.368 e. The lowest BCUT2D eigenvalue weighted by atomic mass is 10.1. The summed E-state index contributed by atoms with van der Waals surface area (Å²) >= 11 is 0. The number of anilines is 3. The van der Waals surface area contributed by atoms with Crippen molar-refractivity contribution in [2.75, 3.05) is 50.5 Å². The molecule has 9 heteroatoms. The maximum Gasteiger partial charge on any atom is 0.292 e. The van der Waals surface area contributed by atoms with Crippen LogP contribution in [0.4, 0.5) is 22.7 Å². The second-order valence-electron chi connectivity index (χ2n) is 7.74. The Balaban J connectivity index is 1.76. The lowest BCUT2D eigenvalue weighted by Crippen LogP contribution is -2.48. The predicted octanol–water partition coefficient (Wildman–Crippen LogP) is 2.64. The molecule has 1 heterocycles. The number of likely N-dealkylation sites (N-methyl/N-ethyl adjacent to an activating group) is 1. The van der Waals surface area contributed by atoms with Crippen molar-refractivity contribution in [1.82, 2.24) is 9.80 Å². The smallest absolute Gasteiger partial charge is 0.292 e. The Morgan fingerprint density at radius 3 is 2.42 bits per heavy atom. The summed E-state index contributed by atoms with van der Waals surface area (Å²) in [4.78, 5) is 40.1. The number of amides is 2. The Morgan fingerprint density at radius 1 is 1.10 bits per heavy atom. The first kappa shape index (κ1) is 22.1. The Hall–Kier alpha value is -3.62. The monoisotopic (exact) mass is 425 g/mol. The number of nitro benzene ring substituents is 1. The van der Waals surface area contributed by atoms with Crippen LogP contribution in [-0.2, 0) is 16.0 Å². The molecule has 1 aliphatic heterocycles. The molecule has 9 nitrogen and oxygen atoms in total. The fourth-order valence-electron chi connectivity index (χ4n) is 3.49. The number of hydrogen-bond acceptors (Lipinski definition) is 6. The van der Waals surface area contributed by atoms with Crippen LogP contribution in [0.5, 0.6) is 0 Å². The number of nitro groups is 1. The number of nitrogens with zero attached hydrogens (tertiary/aromatic N) is 4. The second kappa shape index (κ2) is 9.46. The van der Waals surface area contributed by atoms with E-state index in [-0.39, 0.29) is 23.9 Å². The molecule has 0 bridgehead atoms. The fourth-order valence-corrected chi connectivity index (χ4v) is 3.49. The molecule has 2 aromatic carbocycles. The van der Waals surface area contributed by atoms with Crippen LogP contribution >= 0.6 is 0 Å². The molecule has 0 saturated carbocycles. The molecule has 1 aliphatic rings. The quantitative estimate of drug-likeness (QED) is 0.564. The highest BCUT2D eigenvalue weighted by atomic mass is 16.6. The molecule has 0 atom stereocenters. The summed E-state index contributed by atoms with van der Waals surface area (Å²) in [5.41, 5.74) is 2.60. The summed E-state index contributed by atoms with van der Waals surface area (Å²) in [7, 11) is 3.30. The van der Waals surface area contributed by atoms with Crippen molar-refractivity contribution in [3.63, 3.8) is 0 Å². The van der Waals surface area contributed by atoms with Crippen LogP contribution in [0.3, 0.4) is 0 Å². The number of rotatable bonds is 6. The molecule has 1 saturated heterocycles. The second-order valence-corrected chi connectivity index (χ2v) is 7.74. The highest BCUT2D eigenvalue weighted by Crippen LogP contribution is 2.30. The third-order valence-corrected chi connectivity index (χ3v) is 5.33. The van der Waals surface area contributed by atoms with Gasteiger partial charge in [-0.1, -0.05) is 12.1 Å². The van der Waals surface area contributed by atoms with Crippen molar-refractivity contribution in [1.29, 1.82) is 0 Å².